The van der Waals surface area contributed by atoms with Crippen molar-refractivity contribution in [1.29, 1.82) is 0 Å². The van der Waals surface area contributed by atoms with Gasteiger partial charge in [-0.05, 0) is 39.0 Å². The van der Waals surface area contributed by atoms with Gasteiger partial charge in [-0.15, -0.1) is 0 Å². The lowest BCUT2D eigenvalue weighted by molar-refractivity contribution is -0.150. The average Bonchev–Trinajstić information content (AvgIpc) is 3.25. The highest BCUT2D eigenvalue weighted by molar-refractivity contribution is 5.76. The first-order valence-electron chi connectivity index (χ1n) is 7.79. The number of anilines is 1. The highest BCUT2D eigenvalue weighted by Gasteiger charge is 2.46. The van der Waals surface area contributed by atoms with Gasteiger partial charge in [-0.25, -0.2) is 4.98 Å². The number of carbonyl (C=O) groups is 1. The van der Waals surface area contributed by atoms with E-state index in [0.717, 1.165) is 43.0 Å². The maximum Gasteiger partial charge on any atom is 0.311 e. The second-order valence-corrected chi connectivity index (χ2v) is 6.68. The fourth-order valence-electron chi connectivity index (χ4n) is 3.44. The lowest BCUT2D eigenvalue weighted by Gasteiger charge is -2.41. The molecule has 1 atom stereocenters. The van der Waals surface area contributed by atoms with Crippen LogP contribution in [0.4, 0.5) is 5.82 Å². The predicted octanol–water partition coefficient (Wildman–Crippen LogP) is 2.56. The molecule has 2 fully saturated rings. The summed E-state index contributed by atoms with van der Waals surface area (Å²) in [4.78, 5) is 23.0. The number of rotatable bonds is 4. The number of carboxylic acids is 1. The lowest BCUT2D eigenvalue weighted by atomic mass is 9.75. The molecule has 1 aliphatic heterocycles. The summed E-state index contributed by atoms with van der Waals surface area (Å²) in [6.45, 7) is 5.31. The van der Waals surface area contributed by atoms with E-state index in [-0.39, 0.29) is 0 Å². The van der Waals surface area contributed by atoms with E-state index in [4.69, 9.17) is 0 Å². The zero-order valence-corrected chi connectivity index (χ0v) is 12.8. The van der Waals surface area contributed by atoms with Crippen molar-refractivity contribution >= 4 is 11.8 Å². The van der Waals surface area contributed by atoms with Gasteiger partial charge in [0.15, 0.2) is 0 Å². The molecule has 1 saturated carbocycles. The van der Waals surface area contributed by atoms with Crippen molar-refractivity contribution in [3.05, 3.63) is 17.6 Å². The third-order valence-corrected chi connectivity index (χ3v) is 4.76. The van der Waals surface area contributed by atoms with Gasteiger partial charge in [-0.2, -0.15) is 0 Å². The van der Waals surface area contributed by atoms with Gasteiger partial charge in [0, 0.05) is 19.3 Å². The molecule has 0 spiro atoms. The molecule has 2 heterocycles. The summed E-state index contributed by atoms with van der Waals surface area (Å²) in [6.07, 6.45) is 6.66. The minimum absolute atomic E-state index is 0.567. The molecule has 1 saturated heterocycles. The zero-order chi connectivity index (χ0) is 15.0. The summed E-state index contributed by atoms with van der Waals surface area (Å²) in [6, 6.07) is 0. The summed E-state index contributed by atoms with van der Waals surface area (Å²) in [5, 5.41) is 9.79. The van der Waals surface area contributed by atoms with Crippen molar-refractivity contribution in [3.8, 4) is 0 Å². The Morgan fingerprint density at radius 3 is 2.90 bits per heavy atom. The molecular weight excluding hydrogens is 266 g/mol. The van der Waals surface area contributed by atoms with E-state index in [1.807, 2.05) is 13.8 Å². The molecule has 1 N–H and O–H groups in total. The van der Waals surface area contributed by atoms with Crippen LogP contribution in [0.25, 0.3) is 0 Å². The van der Waals surface area contributed by atoms with Gasteiger partial charge in [0.05, 0.1) is 16.8 Å². The monoisotopic (exact) mass is 289 g/mol. The highest BCUT2D eigenvalue weighted by Crippen LogP contribution is 2.45. The Bertz CT molecular complexity index is 556. The predicted molar refractivity (Wildman–Crippen MR) is 80.4 cm³/mol. The van der Waals surface area contributed by atoms with Crippen LogP contribution in [0.3, 0.4) is 0 Å². The van der Waals surface area contributed by atoms with Crippen LogP contribution in [0.15, 0.2) is 6.20 Å². The number of carboxylic acid groups (broad SMARTS) is 1. The van der Waals surface area contributed by atoms with Gasteiger partial charge in [0.2, 0.25) is 0 Å². The first-order valence-corrected chi connectivity index (χ1v) is 7.79. The van der Waals surface area contributed by atoms with E-state index in [9.17, 15) is 9.90 Å². The second-order valence-electron chi connectivity index (χ2n) is 6.68. The smallest absolute Gasteiger partial charge is 0.311 e. The lowest BCUT2D eigenvalue weighted by Crippen LogP contribution is -2.48. The van der Waals surface area contributed by atoms with Crippen LogP contribution in [-0.2, 0) is 4.79 Å². The molecule has 1 aromatic rings. The number of aliphatic carboxylic acids is 1. The van der Waals surface area contributed by atoms with Crippen LogP contribution < -0.4 is 4.90 Å². The van der Waals surface area contributed by atoms with Crippen molar-refractivity contribution in [3.63, 3.8) is 0 Å². The third kappa shape index (κ3) is 2.87. The largest absolute Gasteiger partial charge is 0.481 e. The zero-order valence-electron chi connectivity index (χ0n) is 12.8. The summed E-state index contributed by atoms with van der Waals surface area (Å²) in [5.74, 6) is 0.833. The number of hydrogen-bond acceptors (Lipinski definition) is 4. The van der Waals surface area contributed by atoms with Crippen LogP contribution in [0, 0.1) is 25.2 Å². The maximum atomic E-state index is 11.9. The first-order chi connectivity index (χ1) is 10.00. The molecule has 5 nitrogen and oxygen atoms in total. The fourth-order valence-corrected chi connectivity index (χ4v) is 3.44. The van der Waals surface area contributed by atoms with Crippen molar-refractivity contribution in [2.45, 2.75) is 46.0 Å². The number of aryl methyl sites for hydroxylation is 2. The Balaban J connectivity index is 1.86. The van der Waals surface area contributed by atoms with E-state index in [1.165, 1.54) is 12.8 Å². The van der Waals surface area contributed by atoms with E-state index >= 15 is 0 Å². The van der Waals surface area contributed by atoms with Crippen LogP contribution >= 0.6 is 0 Å². The van der Waals surface area contributed by atoms with Gasteiger partial charge in [-0.3, -0.25) is 9.78 Å². The van der Waals surface area contributed by atoms with Gasteiger partial charge in [0.1, 0.15) is 5.82 Å². The molecule has 1 aromatic heterocycles. The molecule has 3 rings (SSSR count). The van der Waals surface area contributed by atoms with Crippen molar-refractivity contribution in [2.24, 2.45) is 11.3 Å². The Morgan fingerprint density at radius 1 is 1.48 bits per heavy atom. The molecule has 0 bridgehead atoms. The summed E-state index contributed by atoms with van der Waals surface area (Å²) >= 11 is 0. The molecule has 1 aliphatic carbocycles. The summed E-state index contributed by atoms with van der Waals surface area (Å²) in [5.41, 5.74) is 1.16. The highest BCUT2D eigenvalue weighted by atomic mass is 16.4. The summed E-state index contributed by atoms with van der Waals surface area (Å²) < 4.78 is 0. The van der Waals surface area contributed by atoms with E-state index in [2.05, 4.69) is 14.9 Å². The quantitative estimate of drug-likeness (QED) is 0.922. The fraction of sp³-hybridized carbons (Fsp3) is 0.688. The topological polar surface area (TPSA) is 66.3 Å². The first kappa shape index (κ1) is 14.3. The van der Waals surface area contributed by atoms with E-state index < -0.39 is 11.4 Å². The van der Waals surface area contributed by atoms with Crippen molar-refractivity contribution in [2.75, 3.05) is 18.0 Å². The molecule has 114 valence electrons. The standard InChI is InChI=1S/C16H23N3O2/c1-11-9-17-12(2)14(18-11)19-7-3-6-16(10-19,15(20)21)8-13-4-5-13/h9,13H,3-8,10H2,1-2H3,(H,20,21). The van der Waals surface area contributed by atoms with Crippen LogP contribution in [0.1, 0.15) is 43.5 Å². The van der Waals surface area contributed by atoms with Crippen LogP contribution in [0.2, 0.25) is 0 Å². The number of piperidine rings is 1. The Hall–Kier alpha value is -1.65. The average molecular weight is 289 g/mol. The Kier molecular flexibility index (Phi) is 3.59. The Morgan fingerprint density at radius 2 is 2.24 bits per heavy atom. The maximum absolute atomic E-state index is 11.9. The molecule has 5 heteroatoms. The molecule has 0 radical (unpaired) electrons. The minimum Gasteiger partial charge on any atom is -0.481 e. The second kappa shape index (κ2) is 5.28. The third-order valence-electron chi connectivity index (χ3n) is 4.76. The van der Waals surface area contributed by atoms with Crippen LogP contribution in [-0.4, -0.2) is 34.1 Å². The number of hydrogen-bond donors (Lipinski definition) is 1. The van der Waals surface area contributed by atoms with Gasteiger partial charge in [0.25, 0.3) is 0 Å². The number of nitrogens with zero attached hydrogens (tertiary/aromatic N) is 3. The summed E-state index contributed by atoms with van der Waals surface area (Å²) in [7, 11) is 0. The molecular formula is C16H23N3O2. The van der Waals surface area contributed by atoms with Crippen LogP contribution in [0.5, 0.6) is 0 Å². The Labute approximate surface area is 125 Å². The number of aromatic nitrogens is 2. The van der Waals surface area contributed by atoms with E-state index in [1.54, 1.807) is 6.20 Å². The van der Waals surface area contributed by atoms with Crippen molar-refractivity contribution < 1.29 is 9.90 Å². The minimum atomic E-state index is -0.641. The normalized spacial score (nSPS) is 25.9. The molecule has 0 aromatic carbocycles. The molecule has 2 aliphatic rings. The van der Waals surface area contributed by atoms with Gasteiger partial charge in [-0.1, -0.05) is 12.8 Å². The molecule has 0 amide bonds. The molecule has 21 heavy (non-hydrogen) atoms. The molecule has 1 unspecified atom stereocenters. The van der Waals surface area contributed by atoms with Gasteiger partial charge >= 0.3 is 5.97 Å². The van der Waals surface area contributed by atoms with E-state index in [0.29, 0.717) is 12.5 Å². The SMILES string of the molecule is Cc1cnc(C)c(N2CCCC(CC3CC3)(C(=O)O)C2)n1. The van der Waals surface area contributed by atoms with Gasteiger partial charge < -0.3 is 10.0 Å². The van der Waals surface area contributed by atoms with Crippen molar-refractivity contribution in [1.82, 2.24) is 9.97 Å².